The van der Waals surface area contributed by atoms with Gasteiger partial charge in [-0.3, -0.25) is 4.72 Å². The molecule has 0 aliphatic rings. The van der Waals surface area contributed by atoms with Crippen molar-refractivity contribution in [2.24, 2.45) is 0 Å². The molecule has 0 spiro atoms. The summed E-state index contributed by atoms with van der Waals surface area (Å²) in [5, 5.41) is 3.26. The molecule has 0 radical (unpaired) electrons. The second-order valence-electron chi connectivity index (χ2n) is 3.89. The van der Waals surface area contributed by atoms with E-state index in [1.54, 1.807) is 19.2 Å². The van der Waals surface area contributed by atoms with Gasteiger partial charge in [0.15, 0.2) is 0 Å². The van der Waals surface area contributed by atoms with Crippen LogP contribution in [0.3, 0.4) is 0 Å². The highest BCUT2D eigenvalue weighted by Crippen LogP contribution is 2.12. The molecule has 1 unspecified atom stereocenters. The molecule has 0 amide bonds. The molecule has 0 fully saturated rings. The smallest absolute Gasteiger partial charge is 0.233 e. The lowest BCUT2D eigenvalue weighted by atomic mass is 10.2. The van der Waals surface area contributed by atoms with Crippen molar-refractivity contribution in [3.05, 3.63) is 18.3 Å². The highest BCUT2D eigenvalue weighted by Gasteiger charge is 2.07. The van der Waals surface area contributed by atoms with E-state index in [-0.39, 0.29) is 5.75 Å². The molecule has 0 aliphatic heterocycles. The minimum atomic E-state index is -3.25. The fourth-order valence-corrected chi connectivity index (χ4v) is 1.74. The lowest BCUT2D eigenvalue weighted by molar-refractivity contribution is 0.602. The van der Waals surface area contributed by atoms with Gasteiger partial charge in [-0.1, -0.05) is 6.92 Å². The minimum Gasteiger partial charge on any atom is -0.381 e. The van der Waals surface area contributed by atoms with Gasteiger partial charge in [0.05, 0.1) is 17.6 Å². The van der Waals surface area contributed by atoms with Crippen LogP contribution in [0.4, 0.5) is 11.5 Å². The topological polar surface area (TPSA) is 71.1 Å². The van der Waals surface area contributed by atoms with E-state index >= 15 is 0 Å². The zero-order valence-corrected chi connectivity index (χ0v) is 11.2. The van der Waals surface area contributed by atoms with Gasteiger partial charge >= 0.3 is 0 Å². The second-order valence-corrected chi connectivity index (χ2v) is 5.90. The molecule has 0 bridgehead atoms. The molecular weight excluding hydrogens is 238 g/mol. The van der Waals surface area contributed by atoms with Crippen molar-refractivity contribution in [1.82, 2.24) is 4.98 Å². The average Bonchev–Trinajstić information content (AvgIpc) is 2.31. The Kier molecular flexibility index (Phi) is 4.74. The molecule has 1 aromatic rings. The van der Waals surface area contributed by atoms with E-state index in [4.69, 9.17) is 0 Å². The quantitative estimate of drug-likeness (QED) is 0.818. The van der Waals surface area contributed by atoms with E-state index in [9.17, 15) is 8.42 Å². The summed E-state index contributed by atoms with van der Waals surface area (Å²) in [5.74, 6) is 0.392. The third-order valence-corrected chi connectivity index (χ3v) is 3.71. The third kappa shape index (κ3) is 4.60. The SMILES string of the molecule is CCC(C)Nc1ccc(NS(=O)(=O)CC)nc1. The summed E-state index contributed by atoms with van der Waals surface area (Å²) in [7, 11) is -3.25. The maximum atomic E-state index is 11.3. The molecule has 5 nitrogen and oxygen atoms in total. The van der Waals surface area contributed by atoms with E-state index in [2.05, 4.69) is 28.9 Å². The highest BCUT2D eigenvalue weighted by molar-refractivity contribution is 7.92. The van der Waals surface area contributed by atoms with Gasteiger partial charge in [0.25, 0.3) is 0 Å². The molecule has 1 rings (SSSR count). The maximum absolute atomic E-state index is 11.3. The fraction of sp³-hybridized carbons (Fsp3) is 0.545. The summed E-state index contributed by atoms with van der Waals surface area (Å²) in [6, 6.07) is 3.83. The van der Waals surface area contributed by atoms with Crippen LogP contribution in [0.25, 0.3) is 0 Å². The van der Waals surface area contributed by atoms with Gasteiger partial charge in [-0.25, -0.2) is 13.4 Å². The number of pyridine rings is 1. The van der Waals surface area contributed by atoms with Gasteiger partial charge < -0.3 is 5.32 Å². The van der Waals surface area contributed by atoms with Crippen molar-refractivity contribution < 1.29 is 8.42 Å². The zero-order valence-electron chi connectivity index (χ0n) is 10.4. The first-order valence-corrected chi connectivity index (χ1v) is 7.35. The molecule has 1 heterocycles. The second kappa shape index (κ2) is 5.86. The van der Waals surface area contributed by atoms with Crippen molar-refractivity contribution in [2.45, 2.75) is 33.2 Å². The summed E-state index contributed by atoms with van der Waals surface area (Å²) in [4.78, 5) is 4.05. The molecule has 0 saturated heterocycles. The van der Waals surface area contributed by atoms with Crippen molar-refractivity contribution >= 4 is 21.5 Å². The van der Waals surface area contributed by atoms with Crippen LogP contribution in [0.2, 0.25) is 0 Å². The Morgan fingerprint density at radius 3 is 2.53 bits per heavy atom. The molecule has 96 valence electrons. The van der Waals surface area contributed by atoms with Gasteiger partial charge in [-0.2, -0.15) is 0 Å². The van der Waals surface area contributed by atoms with Crippen molar-refractivity contribution in [2.75, 3.05) is 15.8 Å². The Morgan fingerprint density at radius 1 is 1.35 bits per heavy atom. The number of hydrogen-bond donors (Lipinski definition) is 2. The number of sulfonamides is 1. The van der Waals surface area contributed by atoms with Crippen molar-refractivity contribution in [1.29, 1.82) is 0 Å². The fourth-order valence-electron chi connectivity index (χ4n) is 1.16. The normalized spacial score (nSPS) is 13.1. The van der Waals surface area contributed by atoms with Crippen LogP contribution in [-0.4, -0.2) is 25.2 Å². The number of aromatic nitrogens is 1. The molecule has 6 heteroatoms. The Morgan fingerprint density at radius 2 is 2.06 bits per heavy atom. The molecule has 0 aliphatic carbocycles. The summed E-state index contributed by atoms with van der Waals surface area (Å²) in [5.41, 5.74) is 0.888. The zero-order chi connectivity index (χ0) is 12.9. The first kappa shape index (κ1) is 13.8. The Hall–Kier alpha value is -1.30. The molecule has 0 aromatic carbocycles. The molecule has 2 N–H and O–H groups in total. The highest BCUT2D eigenvalue weighted by atomic mass is 32.2. The van der Waals surface area contributed by atoms with Gasteiger partial charge in [-0.05, 0) is 32.4 Å². The van der Waals surface area contributed by atoms with Crippen LogP contribution in [-0.2, 0) is 10.0 Å². The van der Waals surface area contributed by atoms with E-state index in [1.165, 1.54) is 0 Å². The van der Waals surface area contributed by atoms with Gasteiger partial charge in [0.2, 0.25) is 10.0 Å². The summed E-state index contributed by atoms with van der Waals surface area (Å²) in [6.07, 6.45) is 2.64. The predicted molar refractivity (Wildman–Crippen MR) is 70.7 cm³/mol. The number of anilines is 2. The molecule has 1 aromatic heterocycles. The summed E-state index contributed by atoms with van der Waals surface area (Å²) in [6.45, 7) is 5.75. The minimum absolute atomic E-state index is 0.0432. The van der Waals surface area contributed by atoms with Crippen LogP contribution in [0, 0.1) is 0 Å². The van der Waals surface area contributed by atoms with Crippen LogP contribution >= 0.6 is 0 Å². The van der Waals surface area contributed by atoms with Gasteiger partial charge in [-0.15, -0.1) is 0 Å². The molecule has 1 atom stereocenters. The summed E-state index contributed by atoms with van der Waals surface area (Å²) < 4.78 is 25.0. The van der Waals surface area contributed by atoms with E-state index in [0.29, 0.717) is 11.9 Å². The van der Waals surface area contributed by atoms with Crippen LogP contribution in [0.1, 0.15) is 27.2 Å². The number of hydrogen-bond acceptors (Lipinski definition) is 4. The van der Waals surface area contributed by atoms with E-state index < -0.39 is 10.0 Å². The predicted octanol–water partition coefficient (Wildman–Crippen LogP) is 2.05. The average molecular weight is 257 g/mol. The lowest BCUT2D eigenvalue weighted by Crippen LogP contribution is -2.16. The number of rotatable bonds is 6. The summed E-state index contributed by atoms with van der Waals surface area (Å²) >= 11 is 0. The first-order chi connectivity index (χ1) is 7.96. The molecule has 0 saturated carbocycles. The van der Waals surface area contributed by atoms with Crippen LogP contribution < -0.4 is 10.0 Å². The van der Waals surface area contributed by atoms with Gasteiger partial charge in [0.1, 0.15) is 5.82 Å². The lowest BCUT2D eigenvalue weighted by Gasteiger charge is -2.13. The molecule has 17 heavy (non-hydrogen) atoms. The number of nitrogens with one attached hydrogen (secondary N) is 2. The number of nitrogens with zero attached hydrogens (tertiary/aromatic N) is 1. The van der Waals surface area contributed by atoms with Gasteiger partial charge in [0, 0.05) is 6.04 Å². The molecular formula is C11H19N3O2S. The first-order valence-electron chi connectivity index (χ1n) is 5.70. The van der Waals surface area contributed by atoms with Crippen LogP contribution in [0.15, 0.2) is 18.3 Å². The maximum Gasteiger partial charge on any atom is 0.233 e. The largest absolute Gasteiger partial charge is 0.381 e. The Balaban J connectivity index is 2.68. The standard InChI is InChI=1S/C11H19N3O2S/c1-4-9(3)13-10-6-7-11(12-8-10)14-17(15,16)5-2/h6-9,13H,4-5H2,1-3H3,(H,12,14). The van der Waals surface area contributed by atoms with E-state index in [1.807, 2.05) is 6.07 Å². The Labute approximate surface area is 103 Å². The van der Waals surface area contributed by atoms with Crippen LogP contribution in [0.5, 0.6) is 0 Å². The Bertz CT molecular complexity index is 442. The van der Waals surface area contributed by atoms with E-state index in [0.717, 1.165) is 12.1 Å². The third-order valence-electron chi connectivity index (χ3n) is 2.43. The van der Waals surface area contributed by atoms with Crippen molar-refractivity contribution in [3.8, 4) is 0 Å². The monoisotopic (exact) mass is 257 g/mol. The van der Waals surface area contributed by atoms with Crippen molar-refractivity contribution in [3.63, 3.8) is 0 Å².